The number of carbonyl (C=O) groups excluding carboxylic acids is 1. The van der Waals surface area contributed by atoms with Crippen LogP contribution in [0.5, 0.6) is 0 Å². The summed E-state index contributed by atoms with van der Waals surface area (Å²) in [5.41, 5.74) is 3.18. The molecule has 0 spiro atoms. The molecule has 3 rings (SSSR count). The van der Waals surface area contributed by atoms with Gasteiger partial charge in [-0.1, -0.05) is 24.3 Å². The lowest BCUT2D eigenvalue weighted by Gasteiger charge is -2.40. The summed E-state index contributed by atoms with van der Waals surface area (Å²) >= 11 is 0. The van der Waals surface area contributed by atoms with Crippen LogP contribution >= 0.6 is 0 Å². The third kappa shape index (κ3) is 2.45. The van der Waals surface area contributed by atoms with Crippen LogP contribution < -0.4 is 0 Å². The molecule has 0 radical (unpaired) electrons. The number of likely N-dealkylation sites (tertiary alicyclic amines) is 1. The van der Waals surface area contributed by atoms with Crippen LogP contribution in [0.3, 0.4) is 0 Å². The number of likely N-dealkylation sites (N-methyl/N-ethyl adjacent to an activating group) is 1. The smallest absolute Gasteiger partial charge is 0.189 e. The fraction of sp³-hybridized carbons (Fsp3) is 0.500. The minimum Gasteiger partial charge on any atom is -0.323 e. The Morgan fingerprint density at radius 2 is 1.95 bits per heavy atom. The van der Waals surface area contributed by atoms with Crippen LogP contribution in [0.1, 0.15) is 41.6 Å². The number of hydrogen-bond donors (Lipinski definition) is 0. The molecule has 0 saturated carbocycles. The highest BCUT2D eigenvalue weighted by Crippen LogP contribution is 2.29. The topological polar surface area (TPSA) is 17.1 Å². The van der Waals surface area contributed by atoms with Crippen molar-refractivity contribution in [2.75, 3.05) is 20.6 Å². The number of nitrogens with zero attached hydrogens (tertiary/aromatic N) is 1. The van der Waals surface area contributed by atoms with E-state index in [1.165, 1.54) is 31.4 Å². The van der Waals surface area contributed by atoms with Crippen molar-refractivity contribution < 1.29 is 9.28 Å². The van der Waals surface area contributed by atoms with Crippen molar-refractivity contribution in [2.45, 2.75) is 38.1 Å². The van der Waals surface area contributed by atoms with Crippen molar-refractivity contribution in [1.29, 1.82) is 0 Å². The van der Waals surface area contributed by atoms with Crippen molar-refractivity contribution in [3.63, 3.8) is 0 Å². The highest BCUT2D eigenvalue weighted by molar-refractivity contribution is 6.10. The molecule has 1 aromatic carbocycles. The maximum atomic E-state index is 12.6. The second kappa shape index (κ2) is 5.17. The Labute approximate surface area is 121 Å². The third-order valence-corrected chi connectivity index (χ3v) is 4.99. The summed E-state index contributed by atoms with van der Waals surface area (Å²) in [5, 5.41) is 0. The maximum Gasteiger partial charge on any atom is 0.189 e. The van der Waals surface area contributed by atoms with E-state index >= 15 is 0 Å². The van der Waals surface area contributed by atoms with E-state index in [-0.39, 0.29) is 5.78 Å². The molecule has 20 heavy (non-hydrogen) atoms. The predicted octanol–water partition coefficient (Wildman–Crippen LogP) is 3.37. The lowest BCUT2D eigenvalue weighted by atomic mass is 9.85. The lowest BCUT2D eigenvalue weighted by molar-refractivity contribution is -0.913. The normalized spacial score (nSPS) is 27.4. The van der Waals surface area contributed by atoms with Gasteiger partial charge in [-0.05, 0) is 37.3 Å². The Hall–Kier alpha value is -1.41. The average molecular weight is 270 g/mol. The number of allylic oxidation sites excluding steroid dienone is 1. The molecule has 0 N–H and O–H groups in total. The van der Waals surface area contributed by atoms with Gasteiger partial charge >= 0.3 is 0 Å². The summed E-state index contributed by atoms with van der Waals surface area (Å²) in [4.78, 5) is 12.6. The van der Waals surface area contributed by atoms with Gasteiger partial charge in [0.15, 0.2) is 5.78 Å². The number of rotatable bonds is 1. The predicted molar refractivity (Wildman–Crippen MR) is 81.8 cm³/mol. The minimum atomic E-state index is 0.262. The molecule has 1 aromatic rings. The van der Waals surface area contributed by atoms with Gasteiger partial charge in [-0.2, -0.15) is 0 Å². The van der Waals surface area contributed by atoms with Gasteiger partial charge in [-0.3, -0.25) is 4.79 Å². The van der Waals surface area contributed by atoms with Crippen LogP contribution in [0.25, 0.3) is 0 Å². The molecule has 1 saturated heterocycles. The molecule has 1 atom stereocenters. The first-order valence-electron chi connectivity index (χ1n) is 7.74. The molecule has 106 valence electrons. The van der Waals surface area contributed by atoms with E-state index in [9.17, 15) is 4.79 Å². The molecule has 1 heterocycles. The second-order valence-corrected chi connectivity index (χ2v) is 6.74. The molecule has 1 fully saturated rings. The zero-order chi connectivity index (χ0) is 14.2. The van der Waals surface area contributed by atoms with Crippen LogP contribution in [-0.4, -0.2) is 36.9 Å². The number of aryl methyl sites for hydroxylation is 1. The van der Waals surface area contributed by atoms with E-state index in [1.807, 2.05) is 18.2 Å². The number of piperidine rings is 1. The molecule has 2 aliphatic rings. The van der Waals surface area contributed by atoms with E-state index in [1.54, 1.807) is 0 Å². The highest BCUT2D eigenvalue weighted by atomic mass is 16.1. The van der Waals surface area contributed by atoms with E-state index < -0.39 is 0 Å². The molecule has 0 bridgehead atoms. The van der Waals surface area contributed by atoms with Crippen LogP contribution in [0, 0.1) is 0 Å². The molecule has 1 unspecified atom stereocenters. The van der Waals surface area contributed by atoms with Gasteiger partial charge in [-0.25, -0.2) is 0 Å². The fourth-order valence-electron chi connectivity index (χ4n) is 3.58. The molecule has 1 aliphatic carbocycles. The van der Waals surface area contributed by atoms with Gasteiger partial charge in [0.1, 0.15) is 6.04 Å². The van der Waals surface area contributed by atoms with Crippen LogP contribution in [0.15, 0.2) is 35.9 Å². The van der Waals surface area contributed by atoms with Crippen LogP contribution in [0.4, 0.5) is 0 Å². The fourth-order valence-corrected chi connectivity index (χ4v) is 3.58. The van der Waals surface area contributed by atoms with E-state index in [0.29, 0.717) is 6.04 Å². The third-order valence-electron chi connectivity index (χ3n) is 4.99. The number of carbonyl (C=O) groups is 1. The zero-order valence-corrected chi connectivity index (χ0v) is 12.6. The number of hydrogen-bond acceptors (Lipinski definition) is 1. The monoisotopic (exact) mass is 270 g/mol. The molecule has 0 aromatic heterocycles. The van der Waals surface area contributed by atoms with Crippen molar-refractivity contribution in [3.05, 3.63) is 47.0 Å². The van der Waals surface area contributed by atoms with E-state index in [0.717, 1.165) is 28.5 Å². The molecular weight excluding hydrogens is 246 g/mol. The summed E-state index contributed by atoms with van der Waals surface area (Å²) in [7, 11) is 4.59. The molecule has 0 amide bonds. The second-order valence-electron chi connectivity index (χ2n) is 6.74. The van der Waals surface area contributed by atoms with Crippen LogP contribution in [-0.2, 0) is 6.42 Å². The van der Waals surface area contributed by atoms with Gasteiger partial charge in [-0.15, -0.1) is 0 Å². The Bertz CT molecular complexity index is 556. The first kappa shape index (κ1) is 13.6. The Balaban J connectivity index is 1.88. The quantitative estimate of drug-likeness (QED) is 0.565. The summed E-state index contributed by atoms with van der Waals surface area (Å²) in [6.45, 7) is 1.22. The number of benzene rings is 1. The standard InChI is InChI=1S/C18H24NO/c1-19(2)12-6-5-8-16(19)13-15-11-10-14-7-3-4-9-17(14)18(15)20/h3-4,7,9,13,16H,5-6,8,10-12H2,1-2H3/q+1/b15-13+. The van der Waals surface area contributed by atoms with Crippen molar-refractivity contribution in [1.82, 2.24) is 0 Å². The number of fused-ring (bicyclic) bond motifs is 1. The maximum absolute atomic E-state index is 12.6. The molecular formula is C18H24NO+. The first-order chi connectivity index (χ1) is 9.58. The Morgan fingerprint density at radius 1 is 1.15 bits per heavy atom. The molecule has 2 heteroatoms. The van der Waals surface area contributed by atoms with Crippen molar-refractivity contribution in [2.24, 2.45) is 0 Å². The Kier molecular flexibility index (Phi) is 3.51. The summed E-state index contributed by atoms with van der Waals surface area (Å²) in [5.74, 6) is 0.262. The van der Waals surface area contributed by atoms with Gasteiger partial charge in [0, 0.05) is 17.6 Å². The summed E-state index contributed by atoms with van der Waals surface area (Å²) in [6, 6.07) is 8.58. The first-order valence-corrected chi connectivity index (χ1v) is 7.74. The highest BCUT2D eigenvalue weighted by Gasteiger charge is 2.31. The zero-order valence-electron chi connectivity index (χ0n) is 12.6. The van der Waals surface area contributed by atoms with Gasteiger partial charge in [0.2, 0.25) is 0 Å². The largest absolute Gasteiger partial charge is 0.323 e. The minimum absolute atomic E-state index is 0.262. The molecule has 2 nitrogen and oxygen atoms in total. The molecule has 1 aliphatic heterocycles. The van der Waals surface area contributed by atoms with E-state index in [4.69, 9.17) is 0 Å². The summed E-state index contributed by atoms with van der Waals surface area (Å²) in [6.07, 6.45) is 8.02. The van der Waals surface area contributed by atoms with Gasteiger partial charge in [0.05, 0.1) is 20.6 Å². The van der Waals surface area contributed by atoms with E-state index in [2.05, 4.69) is 26.2 Å². The number of quaternary nitrogens is 1. The average Bonchev–Trinajstić information content (AvgIpc) is 2.44. The van der Waals surface area contributed by atoms with Gasteiger partial charge < -0.3 is 4.48 Å². The number of ketones is 1. The SMILES string of the molecule is C[N+]1(C)CCCCC1/C=C1\CCc2ccccc2C1=O. The summed E-state index contributed by atoms with van der Waals surface area (Å²) < 4.78 is 1.03. The Morgan fingerprint density at radius 3 is 2.75 bits per heavy atom. The van der Waals surface area contributed by atoms with Crippen LogP contribution in [0.2, 0.25) is 0 Å². The number of Topliss-reactive ketones (excluding diaryl/α,β-unsaturated/α-hetero) is 1. The van der Waals surface area contributed by atoms with Crippen molar-refractivity contribution >= 4 is 5.78 Å². The lowest BCUT2D eigenvalue weighted by Crippen LogP contribution is -2.51. The van der Waals surface area contributed by atoms with Crippen molar-refractivity contribution in [3.8, 4) is 0 Å². The van der Waals surface area contributed by atoms with Gasteiger partial charge in [0.25, 0.3) is 0 Å².